The lowest BCUT2D eigenvalue weighted by molar-refractivity contribution is 0.180. The summed E-state index contributed by atoms with van der Waals surface area (Å²) in [5, 5.41) is 0. The maximum atomic E-state index is 6.16. The number of hydrogen-bond acceptors (Lipinski definition) is 3. The zero-order chi connectivity index (χ0) is 14.7. The van der Waals surface area contributed by atoms with E-state index in [1.165, 1.54) is 30.4 Å². The Labute approximate surface area is 126 Å². The highest BCUT2D eigenvalue weighted by molar-refractivity contribution is 5.37. The highest BCUT2D eigenvalue weighted by Gasteiger charge is 2.19. The third-order valence-electron chi connectivity index (χ3n) is 4.07. The number of aromatic nitrogens is 1. The van der Waals surface area contributed by atoms with E-state index >= 15 is 0 Å². The zero-order valence-corrected chi connectivity index (χ0v) is 12.5. The van der Waals surface area contributed by atoms with Crippen molar-refractivity contribution in [2.75, 3.05) is 0 Å². The number of rotatable bonds is 4. The van der Waals surface area contributed by atoms with Crippen molar-refractivity contribution in [2.45, 2.75) is 44.8 Å². The number of aryl methyl sites for hydroxylation is 2. The highest BCUT2D eigenvalue weighted by atomic mass is 16.5. The molecule has 1 aliphatic carbocycles. The molecule has 2 unspecified atom stereocenters. The van der Waals surface area contributed by atoms with E-state index in [2.05, 4.69) is 23.2 Å². The van der Waals surface area contributed by atoms with Crippen molar-refractivity contribution in [3.8, 4) is 5.75 Å². The van der Waals surface area contributed by atoms with Crippen LogP contribution in [0.25, 0.3) is 0 Å². The molecule has 2 atom stereocenters. The second kappa shape index (κ2) is 6.27. The van der Waals surface area contributed by atoms with E-state index < -0.39 is 0 Å². The summed E-state index contributed by atoms with van der Waals surface area (Å²) in [7, 11) is 0. The third-order valence-corrected chi connectivity index (χ3v) is 4.07. The molecule has 0 radical (unpaired) electrons. The van der Waals surface area contributed by atoms with Crippen LogP contribution in [0.4, 0.5) is 0 Å². The summed E-state index contributed by atoms with van der Waals surface area (Å²) in [4.78, 5) is 4.16. The Morgan fingerprint density at radius 2 is 1.95 bits per heavy atom. The first-order valence-electron chi connectivity index (χ1n) is 7.68. The predicted molar refractivity (Wildman–Crippen MR) is 84.3 cm³/mol. The van der Waals surface area contributed by atoms with Gasteiger partial charge in [-0.25, -0.2) is 0 Å². The molecule has 3 rings (SSSR count). The second-order valence-electron chi connectivity index (χ2n) is 5.82. The van der Waals surface area contributed by atoms with Crippen molar-refractivity contribution in [2.24, 2.45) is 5.73 Å². The zero-order valence-electron chi connectivity index (χ0n) is 12.5. The summed E-state index contributed by atoms with van der Waals surface area (Å²) in [6.45, 7) is 1.97. The highest BCUT2D eigenvalue weighted by Crippen LogP contribution is 2.29. The number of hydrogen-bond donors (Lipinski definition) is 1. The molecule has 0 spiro atoms. The molecule has 0 aliphatic heterocycles. The Morgan fingerprint density at radius 1 is 1.14 bits per heavy atom. The number of ether oxygens (including phenoxy) is 1. The molecule has 2 N–H and O–H groups in total. The van der Waals surface area contributed by atoms with Gasteiger partial charge in [0.1, 0.15) is 11.9 Å². The average molecular weight is 282 g/mol. The van der Waals surface area contributed by atoms with Gasteiger partial charge in [-0.3, -0.25) is 4.98 Å². The van der Waals surface area contributed by atoms with Crippen LogP contribution in [-0.2, 0) is 12.8 Å². The van der Waals surface area contributed by atoms with E-state index in [1.54, 1.807) is 6.20 Å². The lowest BCUT2D eigenvalue weighted by Gasteiger charge is -2.24. The molecule has 3 nitrogen and oxygen atoms in total. The van der Waals surface area contributed by atoms with Crippen LogP contribution in [0.15, 0.2) is 42.7 Å². The quantitative estimate of drug-likeness (QED) is 0.934. The normalized spacial score (nSPS) is 16.9. The first-order chi connectivity index (χ1) is 10.2. The van der Waals surface area contributed by atoms with E-state index in [9.17, 15) is 0 Å². The molecule has 21 heavy (non-hydrogen) atoms. The molecule has 0 saturated heterocycles. The second-order valence-corrected chi connectivity index (χ2v) is 5.82. The Hall–Kier alpha value is -1.87. The molecular weight excluding hydrogens is 260 g/mol. The fraction of sp³-hybridized carbons (Fsp3) is 0.389. The summed E-state index contributed by atoms with van der Waals surface area (Å²) >= 11 is 0. The minimum Gasteiger partial charge on any atom is -0.484 e. The van der Waals surface area contributed by atoms with Gasteiger partial charge < -0.3 is 10.5 Å². The van der Waals surface area contributed by atoms with Gasteiger partial charge in [0, 0.05) is 24.0 Å². The molecule has 2 aromatic rings. The van der Waals surface area contributed by atoms with E-state index in [1.807, 2.05) is 25.3 Å². The summed E-state index contributed by atoms with van der Waals surface area (Å²) in [6.07, 6.45) is 8.34. The Balaban J connectivity index is 1.83. The van der Waals surface area contributed by atoms with Gasteiger partial charge in [-0.1, -0.05) is 12.1 Å². The van der Waals surface area contributed by atoms with Gasteiger partial charge in [0.05, 0.1) is 0 Å². The third kappa shape index (κ3) is 3.24. The Kier molecular flexibility index (Phi) is 4.20. The summed E-state index contributed by atoms with van der Waals surface area (Å²) in [5.74, 6) is 0.904. The number of pyridine rings is 1. The van der Waals surface area contributed by atoms with Crippen LogP contribution in [0.3, 0.4) is 0 Å². The largest absolute Gasteiger partial charge is 0.484 e. The molecule has 110 valence electrons. The van der Waals surface area contributed by atoms with Crippen molar-refractivity contribution in [3.05, 3.63) is 59.4 Å². The fourth-order valence-corrected chi connectivity index (χ4v) is 2.95. The van der Waals surface area contributed by atoms with Crippen molar-refractivity contribution >= 4 is 0 Å². The summed E-state index contributed by atoms with van der Waals surface area (Å²) < 4.78 is 6.16. The van der Waals surface area contributed by atoms with Crippen LogP contribution in [0.5, 0.6) is 5.75 Å². The van der Waals surface area contributed by atoms with Crippen LogP contribution in [0, 0.1) is 0 Å². The molecule has 1 aromatic carbocycles. The SMILES string of the molecule is CC(N)C(Oc1ccc2c(c1)CCCC2)c1cccnc1. The first kappa shape index (κ1) is 14.1. The molecule has 0 bridgehead atoms. The molecular formula is C18H22N2O. The topological polar surface area (TPSA) is 48.1 Å². The summed E-state index contributed by atoms with van der Waals surface area (Å²) in [5.41, 5.74) is 10.0. The van der Waals surface area contributed by atoms with Crippen LogP contribution in [0.1, 0.15) is 42.6 Å². The molecule has 1 heterocycles. The lowest BCUT2D eigenvalue weighted by Crippen LogP contribution is -2.29. The predicted octanol–water partition coefficient (Wildman–Crippen LogP) is 3.43. The molecule has 0 amide bonds. The van der Waals surface area contributed by atoms with E-state index in [-0.39, 0.29) is 12.1 Å². The lowest BCUT2D eigenvalue weighted by atomic mass is 9.92. The van der Waals surface area contributed by atoms with Crippen LogP contribution >= 0.6 is 0 Å². The first-order valence-corrected chi connectivity index (χ1v) is 7.68. The minimum absolute atomic E-state index is 0.0924. The molecule has 3 heteroatoms. The van der Waals surface area contributed by atoms with Gasteiger partial charge >= 0.3 is 0 Å². The molecule has 1 aliphatic rings. The van der Waals surface area contributed by atoms with Crippen molar-refractivity contribution < 1.29 is 4.74 Å². The van der Waals surface area contributed by atoms with Crippen LogP contribution < -0.4 is 10.5 Å². The maximum Gasteiger partial charge on any atom is 0.140 e. The van der Waals surface area contributed by atoms with Gasteiger partial charge in [0.15, 0.2) is 0 Å². The van der Waals surface area contributed by atoms with Crippen LogP contribution in [0.2, 0.25) is 0 Å². The van der Waals surface area contributed by atoms with E-state index in [0.29, 0.717) is 0 Å². The number of nitrogens with two attached hydrogens (primary N) is 1. The van der Waals surface area contributed by atoms with Gasteiger partial charge in [-0.2, -0.15) is 0 Å². The summed E-state index contributed by atoms with van der Waals surface area (Å²) in [6, 6.07) is 10.3. The average Bonchev–Trinajstić information content (AvgIpc) is 2.53. The number of benzene rings is 1. The Morgan fingerprint density at radius 3 is 2.67 bits per heavy atom. The molecule has 1 aromatic heterocycles. The number of nitrogens with zero attached hydrogens (tertiary/aromatic N) is 1. The van der Waals surface area contributed by atoms with E-state index in [0.717, 1.165) is 17.7 Å². The molecule has 0 saturated carbocycles. The van der Waals surface area contributed by atoms with Gasteiger partial charge in [0.25, 0.3) is 0 Å². The standard InChI is InChI=1S/C18H22N2O/c1-13(19)18(16-7-4-10-20-12-16)21-17-9-8-14-5-2-3-6-15(14)11-17/h4,7-13,18H,2-3,5-6,19H2,1H3. The van der Waals surface area contributed by atoms with Crippen LogP contribution in [-0.4, -0.2) is 11.0 Å². The smallest absolute Gasteiger partial charge is 0.140 e. The Bertz CT molecular complexity index is 595. The van der Waals surface area contributed by atoms with E-state index in [4.69, 9.17) is 10.5 Å². The molecule has 0 fully saturated rings. The minimum atomic E-state index is -0.166. The van der Waals surface area contributed by atoms with Crippen molar-refractivity contribution in [1.29, 1.82) is 0 Å². The maximum absolute atomic E-state index is 6.16. The fourth-order valence-electron chi connectivity index (χ4n) is 2.95. The monoisotopic (exact) mass is 282 g/mol. The van der Waals surface area contributed by atoms with Gasteiger partial charge in [0.2, 0.25) is 0 Å². The van der Waals surface area contributed by atoms with Gasteiger partial charge in [-0.15, -0.1) is 0 Å². The van der Waals surface area contributed by atoms with Crippen molar-refractivity contribution in [3.63, 3.8) is 0 Å². The number of fused-ring (bicyclic) bond motifs is 1. The van der Waals surface area contributed by atoms with Crippen molar-refractivity contribution in [1.82, 2.24) is 4.98 Å². The van der Waals surface area contributed by atoms with Gasteiger partial charge in [-0.05, 0) is 61.9 Å².